The maximum atomic E-state index is 12.6. The van der Waals surface area contributed by atoms with Crippen molar-refractivity contribution in [2.75, 3.05) is 18.8 Å². The van der Waals surface area contributed by atoms with Gasteiger partial charge in [0.15, 0.2) is 5.13 Å². The first-order valence-electron chi connectivity index (χ1n) is 9.44. The molecule has 7 nitrogen and oxygen atoms in total. The molecule has 2 atom stereocenters. The van der Waals surface area contributed by atoms with Gasteiger partial charge in [-0.15, -0.1) is 11.3 Å². The van der Waals surface area contributed by atoms with Crippen molar-refractivity contribution in [3.05, 3.63) is 75.1 Å². The molecule has 3 rings (SSSR count). The number of aliphatic hydroxyl groups is 1. The molecule has 0 bridgehead atoms. The van der Waals surface area contributed by atoms with Crippen molar-refractivity contribution in [3.63, 3.8) is 0 Å². The number of halogens is 1. The molecule has 10 heteroatoms. The van der Waals surface area contributed by atoms with Gasteiger partial charge < -0.3 is 10.4 Å². The zero-order chi connectivity index (χ0) is 22.4. The number of hydrogen-bond donors (Lipinski definition) is 3. The van der Waals surface area contributed by atoms with Gasteiger partial charge in [0, 0.05) is 54.1 Å². The van der Waals surface area contributed by atoms with Gasteiger partial charge in [0.2, 0.25) is 0 Å². The molecule has 31 heavy (non-hydrogen) atoms. The first-order chi connectivity index (χ1) is 14.9. The van der Waals surface area contributed by atoms with Gasteiger partial charge in [-0.1, -0.05) is 29.8 Å². The summed E-state index contributed by atoms with van der Waals surface area (Å²) in [6.45, 7) is 0. The van der Waals surface area contributed by atoms with Gasteiger partial charge in [-0.2, -0.15) is 0 Å². The standard InChI is InChI=1S/C21H23ClN4O3S2/c1-23-10-9-19(24-2)18-13-15(22)5-8-17(18)20(27)14-3-6-16(7-4-14)31(28,29)26-21-25-11-12-30-21/h3,5-14,20,24,27H,4H2,1-2H3,(H,25,26)/b19-9-,23-10?. The molecule has 164 valence electrons. The fourth-order valence-electron chi connectivity index (χ4n) is 3.21. The van der Waals surface area contributed by atoms with E-state index in [-0.39, 0.29) is 10.8 Å². The number of aliphatic hydroxyl groups excluding tert-OH is 1. The van der Waals surface area contributed by atoms with Crippen molar-refractivity contribution in [1.29, 1.82) is 0 Å². The van der Waals surface area contributed by atoms with Crippen molar-refractivity contribution in [3.8, 4) is 0 Å². The Morgan fingerprint density at radius 3 is 2.87 bits per heavy atom. The summed E-state index contributed by atoms with van der Waals surface area (Å²) < 4.78 is 27.6. The SMILES string of the molecule is CN=C/C=C(\NC)c1cc(Cl)ccc1C(O)C1C=CC(S(=O)(=O)Nc2nccs2)=CC1. The highest BCUT2D eigenvalue weighted by atomic mass is 35.5. The number of thiazole rings is 1. The third-order valence-electron chi connectivity index (χ3n) is 4.75. The quantitative estimate of drug-likeness (QED) is 0.497. The summed E-state index contributed by atoms with van der Waals surface area (Å²) >= 11 is 7.40. The summed E-state index contributed by atoms with van der Waals surface area (Å²) in [6, 6.07) is 5.29. The van der Waals surface area contributed by atoms with E-state index in [0.29, 0.717) is 22.1 Å². The number of aliphatic imine (C=N–C) groups is 1. The molecule has 0 spiro atoms. The minimum Gasteiger partial charge on any atom is -0.388 e. The Hall–Kier alpha value is -2.46. The second-order valence-corrected chi connectivity index (χ2v) is 9.74. The lowest BCUT2D eigenvalue weighted by Gasteiger charge is -2.25. The fraction of sp³-hybridized carbons (Fsp3) is 0.238. The minimum absolute atomic E-state index is 0.150. The fourth-order valence-corrected chi connectivity index (χ4v) is 5.25. The van der Waals surface area contributed by atoms with Gasteiger partial charge in [0.05, 0.1) is 11.0 Å². The molecule has 1 aromatic carbocycles. The van der Waals surface area contributed by atoms with Gasteiger partial charge in [-0.05, 0) is 36.3 Å². The molecule has 0 radical (unpaired) electrons. The van der Waals surface area contributed by atoms with Crippen LogP contribution < -0.4 is 10.0 Å². The van der Waals surface area contributed by atoms with Crippen molar-refractivity contribution >= 4 is 50.0 Å². The van der Waals surface area contributed by atoms with Crippen LogP contribution in [0.4, 0.5) is 5.13 Å². The molecule has 0 amide bonds. The van der Waals surface area contributed by atoms with Crippen molar-refractivity contribution in [2.24, 2.45) is 10.9 Å². The minimum atomic E-state index is -3.72. The van der Waals surface area contributed by atoms with E-state index in [2.05, 4.69) is 20.0 Å². The van der Waals surface area contributed by atoms with E-state index in [9.17, 15) is 13.5 Å². The molecule has 2 aromatic rings. The number of benzene rings is 1. The molecule has 1 aromatic heterocycles. The topological polar surface area (TPSA) is 104 Å². The molecule has 1 heterocycles. The molecule has 3 N–H and O–H groups in total. The Bertz CT molecular complexity index is 1140. The summed E-state index contributed by atoms with van der Waals surface area (Å²) in [6.07, 6.45) is 9.33. The average Bonchev–Trinajstić information content (AvgIpc) is 3.26. The average molecular weight is 479 g/mol. The molecule has 0 fully saturated rings. The number of aromatic nitrogens is 1. The predicted octanol–water partition coefficient (Wildman–Crippen LogP) is 3.99. The van der Waals surface area contributed by atoms with Crippen molar-refractivity contribution in [2.45, 2.75) is 12.5 Å². The number of sulfonamides is 1. The molecular formula is C21H23ClN4O3S2. The Kier molecular flexibility index (Phi) is 7.66. The molecule has 1 aliphatic carbocycles. The van der Waals surface area contributed by atoms with Crippen LogP contribution in [0.25, 0.3) is 5.70 Å². The number of rotatable bonds is 8. The summed E-state index contributed by atoms with van der Waals surface area (Å²) in [7, 11) is -0.270. The molecule has 0 saturated carbocycles. The number of hydrogen-bond acceptors (Lipinski definition) is 7. The van der Waals surface area contributed by atoms with E-state index in [1.165, 1.54) is 23.6 Å². The third kappa shape index (κ3) is 5.62. The molecule has 0 aliphatic heterocycles. The number of allylic oxidation sites excluding steroid dienone is 3. The molecule has 1 aliphatic rings. The lowest BCUT2D eigenvalue weighted by molar-refractivity contribution is 0.131. The van der Waals surface area contributed by atoms with E-state index >= 15 is 0 Å². The summed E-state index contributed by atoms with van der Waals surface area (Å²) in [5.74, 6) is -0.295. The van der Waals surface area contributed by atoms with Gasteiger partial charge in [-0.25, -0.2) is 13.4 Å². The number of anilines is 1. The Balaban J connectivity index is 1.83. The number of nitrogens with zero attached hydrogens (tertiary/aromatic N) is 2. The van der Waals surface area contributed by atoms with Crippen LogP contribution in [0.5, 0.6) is 0 Å². The Morgan fingerprint density at radius 2 is 2.26 bits per heavy atom. The highest BCUT2D eigenvalue weighted by Crippen LogP contribution is 2.35. The molecule has 2 unspecified atom stereocenters. The Labute approximate surface area is 191 Å². The van der Waals surface area contributed by atoms with Crippen LogP contribution in [0.1, 0.15) is 23.7 Å². The van der Waals surface area contributed by atoms with Crippen LogP contribution in [-0.4, -0.2) is 38.8 Å². The number of nitrogens with one attached hydrogen (secondary N) is 2. The van der Waals surface area contributed by atoms with Gasteiger partial charge >= 0.3 is 0 Å². The molecular weight excluding hydrogens is 456 g/mol. The first kappa shape index (κ1) is 23.2. The predicted molar refractivity (Wildman–Crippen MR) is 128 cm³/mol. The second kappa shape index (κ2) is 10.2. The summed E-state index contributed by atoms with van der Waals surface area (Å²) in [5, 5.41) is 16.7. The smallest absolute Gasteiger partial charge is 0.263 e. The van der Waals surface area contributed by atoms with Crippen LogP contribution in [-0.2, 0) is 10.0 Å². The zero-order valence-electron chi connectivity index (χ0n) is 17.0. The van der Waals surface area contributed by atoms with E-state index < -0.39 is 16.1 Å². The second-order valence-electron chi connectivity index (χ2n) is 6.72. The first-order valence-corrected chi connectivity index (χ1v) is 12.2. The van der Waals surface area contributed by atoms with Crippen LogP contribution in [0.3, 0.4) is 0 Å². The monoisotopic (exact) mass is 478 g/mol. The lowest BCUT2D eigenvalue weighted by Crippen LogP contribution is -2.19. The largest absolute Gasteiger partial charge is 0.388 e. The lowest BCUT2D eigenvalue weighted by atomic mass is 9.87. The highest BCUT2D eigenvalue weighted by molar-refractivity contribution is 7.96. The maximum Gasteiger partial charge on any atom is 0.263 e. The van der Waals surface area contributed by atoms with Crippen molar-refractivity contribution < 1.29 is 13.5 Å². The van der Waals surface area contributed by atoms with Gasteiger partial charge in [0.25, 0.3) is 10.0 Å². The third-order valence-corrected chi connectivity index (χ3v) is 7.19. The Morgan fingerprint density at radius 1 is 1.45 bits per heavy atom. The zero-order valence-corrected chi connectivity index (χ0v) is 19.4. The van der Waals surface area contributed by atoms with E-state index in [1.54, 1.807) is 62.1 Å². The van der Waals surface area contributed by atoms with Crippen LogP contribution >= 0.6 is 22.9 Å². The van der Waals surface area contributed by atoms with Gasteiger partial charge in [0.1, 0.15) is 0 Å². The summed E-state index contributed by atoms with van der Waals surface area (Å²) in [5.41, 5.74) is 2.20. The van der Waals surface area contributed by atoms with Crippen LogP contribution in [0.15, 0.2) is 64.0 Å². The van der Waals surface area contributed by atoms with Crippen molar-refractivity contribution in [1.82, 2.24) is 10.3 Å². The normalized spacial score (nSPS) is 18.1. The molecule has 0 saturated heterocycles. The maximum absolute atomic E-state index is 12.6. The highest BCUT2D eigenvalue weighted by Gasteiger charge is 2.26. The van der Waals surface area contributed by atoms with Crippen LogP contribution in [0.2, 0.25) is 5.02 Å². The van der Waals surface area contributed by atoms with E-state index in [1.807, 2.05) is 0 Å². The van der Waals surface area contributed by atoms with Crippen LogP contribution in [0, 0.1) is 5.92 Å². The van der Waals surface area contributed by atoms with E-state index in [0.717, 1.165) is 11.3 Å². The van der Waals surface area contributed by atoms with Gasteiger partial charge in [-0.3, -0.25) is 9.71 Å². The van der Waals surface area contributed by atoms with E-state index in [4.69, 9.17) is 11.6 Å². The summed E-state index contributed by atoms with van der Waals surface area (Å²) in [4.78, 5) is 8.07.